The number of nitrogens with one attached hydrogen (secondary N) is 4. The lowest BCUT2D eigenvalue weighted by molar-refractivity contribution is -0.131. The molecule has 1 aliphatic heterocycles. The summed E-state index contributed by atoms with van der Waals surface area (Å²) in [7, 11) is 3.22. The fourth-order valence-electron chi connectivity index (χ4n) is 5.08. The molecule has 0 saturated carbocycles. The van der Waals surface area contributed by atoms with Crippen molar-refractivity contribution in [2.75, 3.05) is 20.3 Å². The van der Waals surface area contributed by atoms with Gasteiger partial charge >= 0.3 is 5.97 Å². The molecule has 0 bridgehead atoms. The number of carbonyl (C=O) groups excluding carboxylic acids is 5. The summed E-state index contributed by atoms with van der Waals surface area (Å²) in [5, 5.41) is 13.0. The number of benzene rings is 1. The lowest BCUT2D eigenvalue weighted by Crippen LogP contribution is -2.53. The highest BCUT2D eigenvalue weighted by Gasteiger charge is 2.34. The Bertz CT molecular complexity index is 1520. The summed E-state index contributed by atoms with van der Waals surface area (Å²) in [6, 6.07) is 4.94. The molecule has 1 aliphatic rings. The normalized spacial score (nSPS) is 16.0. The number of aryl methyl sites for hydroxylation is 1. The molecule has 0 spiro atoms. The summed E-state index contributed by atoms with van der Waals surface area (Å²) >= 11 is 0. The van der Waals surface area contributed by atoms with Crippen molar-refractivity contribution in [3.05, 3.63) is 47.4 Å². The second-order valence-corrected chi connectivity index (χ2v) is 11.1. The van der Waals surface area contributed by atoms with Crippen LogP contribution in [0.5, 0.6) is 5.75 Å². The van der Waals surface area contributed by atoms with E-state index in [-0.39, 0.29) is 29.5 Å². The van der Waals surface area contributed by atoms with Crippen molar-refractivity contribution in [3.63, 3.8) is 0 Å². The number of ether oxygens (including phenoxy) is 2. The zero-order valence-corrected chi connectivity index (χ0v) is 25.0. The zero-order chi connectivity index (χ0) is 31.3. The van der Waals surface area contributed by atoms with Gasteiger partial charge in [0.25, 0.3) is 5.91 Å². The van der Waals surface area contributed by atoms with E-state index in [9.17, 15) is 24.0 Å². The van der Waals surface area contributed by atoms with E-state index in [4.69, 9.17) is 9.47 Å². The minimum atomic E-state index is -1.12. The smallest absolute Gasteiger partial charge is 0.342 e. The fraction of sp³-hybridized carbons (Fsp3) is 0.467. The van der Waals surface area contributed by atoms with Crippen LogP contribution in [0.25, 0.3) is 10.9 Å². The molecule has 0 aliphatic carbocycles. The number of amides is 3. The van der Waals surface area contributed by atoms with Gasteiger partial charge in [-0.05, 0) is 50.3 Å². The summed E-state index contributed by atoms with van der Waals surface area (Å²) in [4.78, 5) is 68.1. The van der Waals surface area contributed by atoms with Gasteiger partial charge in [0.2, 0.25) is 11.8 Å². The Morgan fingerprint density at radius 3 is 2.56 bits per heavy atom. The van der Waals surface area contributed by atoms with E-state index in [2.05, 4.69) is 26.0 Å². The number of Topliss-reactive ketones (excluding diaryl/α,β-unsaturated/α-hetero) is 1. The molecule has 4 N–H and O–H groups in total. The maximum atomic E-state index is 13.6. The van der Waals surface area contributed by atoms with Crippen LogP contribution in [-0.4, -0.2) is 76.6 Å². The molecule has 1 aromatic carbocycles. The second-order valence-electron chi connectivity index (χ2n) is 11.1. The summed E-state index contributed by atoms with van der Waals surface area (Å²) in [6.45, 7) is 5.37. The molecule has 13 heteroatoms. The number of aromatic amines is 1. The molecule has 3 heterocycles. The maximum Gasteiger partial charge on any atom is 0.342 e. The number of carbonyl (C=O) groups is 5. The first-order valence-electron chi connectivity index (χ1n) is 14.2. The Morgan fingerprint density at radius 2 is 1.93 bits per heavy atom. The monoisotopic (exact) mass is 594 g/mol. The molecule has 0 unspecified atom stereocenters. The highest BCUT2D eigenvalue weighted by molar-refractivity contribution is 6.02. The highest BCUT2D eigenvalue weighted by atomic mass is 16.5. The van der Waals surface area contributed by atoms with Crippen molar-refractivity contribution in [1.82, 2.24) is 30.7 Å². The van der Waals surface area contributed by atoms with Gasteiger partial charge in [-0.25, -0.2) is 4.79 Å². The molecular formula is C30H38N6O7. The third-order valence-electron chi connectivity index (χ3n) is 7.61. The summed E-state index contributed by atoms with van der Waals surface area (Å²) in [5.74, 6) is -2.46. The minimum Gasteiger partial charge on any atom is -0.496 e. The Labute approximate surface area is 249 Å². The van der Waals surface area contributed by atoms with Crippen molar-refractivity contribution in [2.24, 2.45) is 18.9 Å². The predicted molar refractivity (Wildman–Crippen MR) is 156 cm³/mol. The number of H-pyrrole nitrogens is 1. The van der Waals surface area contributed by atoms with Crippen molar-refractivity contribution in [3.8, 4) is 5.75 Å². The van der Waals surface area contributed by atoms with Crippen LogP contribution in [0, 0.1) is 18.8 Å². The van der Waals surface area contributed by atoms with E-state index in [1.165, 1.54) is 18.0 Å². The quantitative estimate of drug-likeness (QED) is 0.217. The molecule has 3 atom stereocenters. The SMILES string of the molecule is COc1cccc2[nH]c(C(=O)N[C@@H](CC(C)C)C(=O)N[C@@H](C[C@@H]3CCNC3=O)C(=O)COC(=O)c3cnn(C)c3C)cc12. The van der Waals surface area contributed by atoms with Crippen LogP contribution in [0.4, 0.5) is 0 Å². The number of ketones is 1. The minimum absolute atomic E-state index is 0.0253. The van der Waals surface area contributed by atoms with E-state index < -0.39 is 48.2 Å². The number of fused-ring (bicyclic) bond motifs is 1. The molecule has 0 radical (unpaired) electrons. The maximum absolute atomic E-state index is 13.6. The van der Waals surface area contributed by atoms with Crippen LogP contribution in [0.15, 0.2) is 30.5 Å². The summed E-state index contributed by atoms with van der Waals surface area (Å²) in [5.41, 5.74) is 1.74. The average Bonchev–Trinajstić information content (AvgIpc) is 3.68. The molecule has 4 rings (SSSR count). The molecule has 13 nitrogen and oxygen atoms in total. The van der Waals surface area contributed by atoms with Gasteiger partial charge in [0.15, 0.2) is 12.4 Å². The molecular weight excluding hydrogens is 556 g/mol. The number of aromatic nitrogens is 3. The van der Waals surface area contributed by atoms with Gasteiger partial charge in [0, 0.05) is 36.1 Å². The van der Waals surface area contributed by atoms with Crippen LogP contribution >= 0.6 is 0 Å². The highest BCUT2D eigenvalue weighted by Crippen LogP contribution is 2.26. The van der Waals surface area contributed by atoms with Crippen molar-refractivity contribution >= 4 is 40.4 Å². The number of rotatable bonds is 13. The first-order chi connectivity index (χ1) is 20.5. The summed E-state index contributed by atoms with van der Waals surface area (Å²) < 4.78 is 12.1. The Balaban J connectivity index is 1.49. The van der Waals surface area contributed by atoms with Gasteiger partial charge in [-0.2, -0.15) is 5.10 Å². The van der Waals surface area contributed by atoms with Crippen LogP contribution in [0.2, 0.25) is 0 Å². The topological polar surface area (TPSA) is 174 Å². The van der Waals surface area contributed by atoms with E-state index in [0.29, 0.717) is 36.3 Å². The van der Waals surface area contributed by atoms with Gasteiger partial charge in [-0.3, -0.25) is 23.9 Å². The first-order valence-corrected chi connectivity index (χ1v) is 14.2. The molecule has 1 fully saturated rings. The average molecular weight is 595 g/mol. The van der Waals surface area contributed by atoms with Gasteiger partial charge in [0.1, 0.15) is 23.0 Å². The van der Waals surface area contributed by atoms with Crippen LogP contribution in [-0.2, 0) is 26.2 Å². The number of methoxy groups -OCH3 is 1. The van der Waals surface area contributed by atoms with Crippen LogP contribution < -0.4 is 20.7 Å². The van der Waals surface area contributed by atoms with Crippen molar-refractivity contribution < 1.29 is 33.4 Å². The first kappa shape index (κ1) is 31.3. The van der Waals surface area contributed by atoms with Gasteiger partial charge in [0.05, 0.1) is 19.3 Å². The Morgan fingerprint density at radius 1 is 1.16 bits per heavy atom. The van der Waals surface area contributed by atoms with Crippen LogP contribution in [0.1, 0.15) is 59.7 Å². The molecule has 230 valence electrons. The largest absolute Gasteiger partial charge is 0.496 e. The molecule has 3 amide bonds. The Kier molecular flexibility index (Phi) is 9.84. The van der Waals surface area contributed by atoms with Crippen LogP contribution in [0.3, 0.4) is 0 Å². The number of hydrogen-bond donors (Lipinski definition) is 4. The number of esters is 1. The lowest BCUT2D eigenvalue weighted by Gasteiger charge is -2.25. The number of nitrogens with zero attached hydrogens (tertiary/aromatic N) is 2. The van der Waals surface area contributed by atoms with E-state index in [1.807, 2.05) is 19.9 Å². The van der Waals surface area contributed by atoms with Gasteiger partial charge in [-0.1, -0.05) is 19.9 Å². The molecule has 1 saturated heterocycles. The third kappa shape index (κ3) is 7.40. The van der Waals surface area contributed by atoms with Gasteiger partial charge < -0.3 is 30.4 Å². The predicted octanol–water partition coefficient (Wildman–Crippen LogP) is 1.80. The lowest BCUT2D eigenvalue weighted by atomic mass is 9.95. The number of hydrogen-bond acceptors (Lipinski definition) is 8. The van der Waals surface area contributed by atoms with Crippen molar-refractivity contribution in [2.45, 2.75) is 52.1 Å². The molecule has 43 heavy (non-hydrogen) atoms. The second kappa shape index (κ2) is 13.5. The zero-order valence-electron chi connectivity index (χ0n) is 25.0. The Hall–Kier alpha value is -4.68. The van der Waals surface area contributed by atoms with Crippen molar-refractivity contribution in [1.29, 1.82) is 0 Å². The molecule has 2 aromatic heterocycles. The molecule has 3 aromatic rings. The van der Waals surface area contributed by atoms with Gasteiger partial charge in [-0.15, -0.1) is 0 Å². The van der Waals surface area contributed by atoms with E-state index in [1.54, 1.807) is 32.2 Å². The third-order valence-corrected chi connectivity index (χ3v) is 7.61. The van der Waals surface area contributed by atoms with E-state index >= 15 is 0 Å². The fourth-order valence-corrected chi connectivity index (χ4v) is 5.08. The standard InChI is InChI=1S/C30H38N6O7/c1-16(2)11-23(35-29(40)24-13-19-21(33-24)7-6-8-26(19)42-5)28(39)34-22(12-18-9-10-31-27(18)38)25(37)15-43-30(41)20-14-32-36(4)17(20)3/h6-8,13-14,16,18,22-23,33H,9-12,15H2,1-5H3,(H,31,38)(H,34,39)(H,35,40)/t18-,22-,23-/m0/s1. The summed E-state index contributed by atoms with van der Waals surface area (Å²) in [6.07, 6.45) is 2.18. The van der Waals surface area contributed by atoms with E-state index in [0.717, 1.165) is 5.39 Å².